The fraction of sp³-hybridized carbons (Fsp3) is 0.267. The topological polar surface area (TPSA) is 24.9 Å². The van der Waals surface area contributed by atoms with Gasteiger partial charge in [-0.05, 0) is 49.7 Å². The molecule has 4 heteroatoms. The number of nitrogens with zero attached hydrogens (tertiary/aromatic N) is 1. The average molecular weight is 323 g/mol. The van der Waals surface area contributed by atoms with Crippen LogP contribution >= 0.6 is 15.9 Å². The Morgan fingerprint density at radius 3 is 2.47 bits per heavy atom. The third-order valence-corrected chi connectivity index (χ3v) is 3.62. The summed E-state index contributed by atoms with van der Waals surface area (Å²) in [5.74, 6) is -0.190. The van der Waals surface area contributed by atoms with Crippen LogP contribution in [0.4, 0.5) is 4.39 Å². The van der Waals surface area contributed by atoms with Crippen LogP contribution in [0.2, 0.25) is 0 Å². The van der Waals surface area contributed by atoms with Gasteiger partial charge in [-0.1, -0.05) is 15.9 Å². The van der Waals surface area contributed by atoms with Crippen molar-refractivity contribution >= 4 is 15.9 Å². The molecule has 0 aliphatic heterocycles. The monoisotopic (exact) mass is 322 g/mol. The van der Waals surface area contributed by atoms with Crippen LogP contribution in [0.25, 0.3) is 0 Å². The van der Waals surface area contributed by atoms with Gasteiger partial charge in [-0.25, -0.2) is 4.39 Å². The van der Waals surface area contributed by atoms with Gasteiger partial charge in [-0.2, -0.15) is 0 Å². The van der Waals surface area contributed by atoms with E-state index in [1.165, 1.54) is 6.07 Å². The normalized spacial score (nSPS) is 14.1. The number of nitrogens with one attached hydrogen (secondary N) is 1. The molecule has 2 nitrogen and oxygen atoms in total. The Labute approximate surface area is 121 Å². The van der Waals surface area contributed by atoms with Crippen molar-refractivity contribution < 1.29 is 4.39 Å². The van der Waals surface area contributed by atoms with Crippen molar-refractivity contribution in [3.63, 3.8) is 0 Å². The van der Waals surface area contributed by atoms with Crippen LogP contribution in [-0.4, -0.2) is 4.98 Å². The molecule has 19 heavy (non-hydrogen) atoms. The Kier molecular flexibility index (Phi) is 4.66. The highest BCUT2D eigenvalue weighted by Gasteiger charge is 2.14. The predicted molar refractivity (Wildman–Crippen MR) is 78.3 cm³/mol. The molecule has 0 radical (unpaired) electrons. The lowest BCUT2D eigenvalue weighted by atomic mass is 10.0. The third-order valence-electron chi connectivity index (χ3n) is 3.13. The van der Waals surface area contributed by atoms with E-state index < -0.39 is 0 Å². The average Bonchev–Trinajstić information content (AvgIpc) is 2.42. The quantitative estimate of drug-likeness (QED) is 0.902. The summed E-state index contributed by atoms with van der Waals surface area (Å²) in [6.45, 7) is 4.02. The molecule has 0 unspecified atom stereocenters. The van der Waals surface area contributed by atoms with Gasteiger partial charge in [0.05, 0.1) is 0 Å². The number of hydrogen-bond donors (Lipinski definition) is 1. The van der Waals surface area contributed by atoms with Gasteiger partial charge >= 0.3 is 0 Å². The van der Waals surface area contributed by atoms with E-state index in [0.29, 0.717) is 5.56 Å². The first-order chi connectivity index (χ1) is 9.08. The predicted octanol–water partition coefficient (Wildman–Crippen LogP) is 4.40. The van der Waals surface area contributed by atoms with Crippen molar-refractivity contribution in [2.45, 2.75) is 25.9 Å². The van der Waals surface area contributed by atoms with Crippen LogP contribution in [0.15, 0.2) is 47.2 Å². The number of hydrogen-bond acceptors (Lipinski definition) is 2. The number of benzene rings is 1. The Hall–Kier alpha value is -1.26. The Morgan fingerprint density at radius 1 is 1.11 bits per heavy atom. The van der Waals surface area contributed by atoms with E-state index in [-0.39, 0.29) is 17.9 Å². The Morgan fingerprint density at radius 2 is 1.79 bits per heavy atom. The molecule has 1 heterocycles. The lowest BCUT2D eigenvalue weighted by Gasteiger charge is -2.21. The van der Waals surface area contributed by atoms with Gasteiger partial charge in [0.2, 0.25) is 0 Å². The van der Waals surface area contributed by atoms with Gasteiger partial charge in [-0.3, -0.25) is 4.98 Å². The number of halogens is 2. The number of pyridine rings is 1. The number of rotatable bonds is 4. The highest BCUT2D eigenvalue weighted by Crippen LogP contribution is 2.24. The lowest BCUT2D eigenvalue weighted by Crippen LogP contribution is -2.23. The molecule has 0 aliphatic carbocycles. The fourth-order valence-corrected chi connectivity index (χ4v) is 2.44. The molecule has 1 aromatic heterocycles. The molecule has 2 aromatic rings. The van der Waals surface area contributed by atoms with Gasteiger partial charge in [-0.15, -0.1) is 0 Å². The van der Waals surface area contributed by atoms with E-state index in [1.54, 1.807) is 18.5 Å². The van der Waals surface area contributed by atoms with Crippen molar-refractivity contribution in [3.8, 4) is 0 Å². The van der Waals surface area contributed by atoms with Gasteiger partial charge in [0, 0.05) is 34.5 Å². The molecule has 1 aromatic carbocycles. The summed E-state index contributed by atoms with van der Waals surface area (Å²) in [5.41, 5.74) is 1.80. The van der Waals surface area contributed by atoms with Gasteiger partial charge in [0.1, 0.15) is 5.82 Å². The van der Waals surface area contributed by atoms with Crippen molar-refractivity contribution in [3.05, 3.63) is 64.1 Å². The summed E-state index contributed by atoms with van der Waals surface area (Å²) in [7, 11) is 0. The molecule has 1 N–H and O–H groups in total. The molecule has 2 rings (SSSR count). The Balaban J connectivity index is 2.13. The molecule has 100 valence electrons. The summed E-state index contributed by atoms with van der Waals surface area (Å²) in [6.07, 6.45) is 3.52. The van der Waals surface area contributed by atoms with Crippen LogP contribution in [-0.2, 0) is 0 Å². The molecule has 0 spiro atoms. The first kappa shape index (κ1) is 14.2. The minimum absolute atomic E-state index is 0.0688. The molecule has 0 bridgehead atoms. The molecule has 0 fully saturated rings. The first-order valence-corrected chi connectivity index (χ1v) is 6.98. The van der Waals surface area contributed by atoms with Crippen LogP contribution in [0.3, 0.4) is 0 Å². The molecule has 0 saturated carbocycles. The molecule has 0 saturated heterocycles. The van der Waals surface area contributed by atoms with E-state index in [2.05, 4.69) is 33.2 Å². The highest BCUT2D eigenvalue weighted by molar-refractivity contribution is 9.10. The van der Waals surface area contributed by atoms with Crippen molar-refractivity contribution in [1.29, 1.82) is 0 Å². The Bertz CT molecular complexity index is 545. The minimum Gasteiger partial charge on any atom is -0.304 e. The van der Waals surface area contributed by atoms with Crippen molar-refractivity contribution in [2.24, 2.45) is 0 Å². The summed E-state index contributed by atoms with van der Waals surface area (Å²) in [4.78, 5) is 4.00. The van der Waals surface area contributed by atoms with E-state index in [1.807, 2.05) is 25.1 Å². The first-order valence-electron chi connectivity index (χ1n) is 6.19. The summed E-state index contributed by atoms with van der Waals surface area (Å²) < 4.78 is 14.7. The second-order valence-electron chi connectivity index (χ2n) is 4.56. The smallest absolute Gasteiger partial charge is 0.128 e. The van der Waals surface area contributed by atoms with Crippen molar-refractivity contribution in [1.82, 2.24) is 10.3 Å². The largest absolute Gasteiger partial charge is 0.304 e. The maximum absolute atomic E-state index is 13.8. The second kappa shape index (κ2) is 6.26. The van der Waals surface area contributed by atoms with E-state index >= 15 is 0 Å². The molecule has 2 atom stereocenters. The zero-order valence-electron chi connectivity index (χ0n) is 10.9. The zero-order chi connectivity index (χ0) is 13.8. The van der Waals surface area contributed by atoms with Crippen LogP contribution in [0.1, 0.15) is 37.1 Å². The van der Waals surface area contributed by atoms with E-state index in [0.717, 1.165) is 10.0 Å². The van der Waals surface area contributed by atoms with Crippen LogP contribution in [0, 0.1) is 5.82 Å². The molecular formula is C15H16BrFN2. The van der Waals surface area contributed by atoms with Gasteiger partial charge in [0.25, 0.3) is 0 Å². The van der Waals surface area contributed by atoms with Crippen LogP contribution < -0.4 is 5.32 Å². The minimum atomic E-state index is -0.190. The summed E-state index contributed by atoms with van der Waals surface area (Å²) >= 11 is 3.37. The second-order valence-corrected chi connectivity index (χ2v) is 5.47. The maximum atomic E-state index is 13.8. The number of aromatic nitrogens is 1. The lowest BCUT2D eigenvalue weighted by molar-refractivity contribution is 0.473. The summed E-state index contributed by atoms with van der Waals surface area (Å²) in [5, 5.41) is 3.39. The molecule has 0 aliphatic rings. The third kappa shape index (κ3) is 3.61. The van der Waals surface area contributed by atoms with E-state index in [9.17, 15) is 4.39 Å². The van der Waals surface area contributed by atoms with Gasteiger partial charge < -0.3 is 5.32 Å². The standard InChI is InChI=1S/C15H16BrFN2/c1-10(12-5-7-18-8-6-12)19-11(2)14-9-13(16)3-4-15(14)17/h3-11,19H,1-2H3/t10-,11-/m1/s1. The zero-order valence-corrected chi connectivity index (χ0v) is 12.5. The SMILES string of the molecule is C[C@@H](N[C@H](C)c1cc(Br)ccc1F)c1ccncc1. The van der Waals surface area contributed by atoms with Gasteiger partial charge in [0.15, 0.2) is 0 Å². The molecule has 0 amide bonds. The maximum Gasteiger partial charge on any atom is 0.128 e. The fourth-order valence-electron chi connectivity index (χ4n) is 2.06. The van der Waals surface area contributed by atoms with Crippen LogP contribution in [0.5, 0.6) is 0 Å². The van der Waals surface area contributed by atoms with E-state index in [4.69, 9.17) is 0 Å². The summed E-state index contributed by atoms with van der Waals surface area (Å²) in [6, 6.07) is 8.99. The van der Waals surface area contributed by atoms with Crippen molar-refractivity contribution in [2.75, 3.05) is 0 Å². The molecular weight excluding hydrogens is 307 g/mol. The highest BCUT2D eigenvalue weighted by atomic mass is 79.9.